The van der Waals surface area contributed by atoms with Crippen molar-refractivity contribution < 1.29 is 77.2 Å². The van der Waals surface area contributed by atoms with Crippen molar-refractivity contribution in [2.45, 2.75) is 263 Å². The van der Waals surface area contributed by atoms with Crippen LogP contribution in [0, 0.1) is 0 Å². The first-order valence-electron chi connectivity index (χ1n) is 28.9. The van der Waals surface area contributed by atoms with E-state index in [1.165, 1.54) is 110 Å². The van der Waals surface area contributed by atoms with E-state index in [1.807, 2.05) is 27.7 Å². The van der Waals surface area contributed by atoms with E-state index in [0.717, 1.165) is 38.5 Å². The highest BCUT2D eigenvalue weighted by atomic mass is 16.7. The molecule has 7 unspecified atom stereocenters. The second-order valence-corrected chi connectivity index (χ2v) is 21.0. The summed E-state index contributed by atoms with van der Waals surface area (Å²) < 4.78 is 45.8. The Hall–Kier alpha value is -3.17. The molecule has 1 aliphatic heterocycles. The first-order valence-corrected chi connectivity index (χ1v) is 28.9. The van der Waals surface area contributed by atoms with Crippen molar-refractivity contribution in [2.75, 3.05) is 65.9 Å². The number of nitrogens with one attached hydrogen (secondary N) is 3. The lowest BCUT2D eigenvalue weighted by Crippen LogP contribution is -2.64. The molecule has 440 valence electrons. The molecule has 0 aromatic rings. The van der Waals surface area contributed by atoms with E-state index in [2.05, 4.69) is 29.8 Å². The van der Waals surface area contributed by atoms with Gasteiger partial charge in [-0.2, -0.15) is 0 Å². The Balaban J connectivity index is 2.49. The molecule has 0 spiro atoms. The summed E-state index contributed by atoms with van der Waals surface area (Å²) in [6, 6.07) is -1.10. The van der Waals surface area contributed by atoms with Crippen LogP contribution < -0.4 is 16.0 Å². The molecule has 0 aromatic carbocycles. The maximum atomic E-state index is 13.1. The van der Waals surface area contributed by atoms with Crippen LogP contribution in [0.4, 0.5) is 4.79 Å². The van der Waals surface area contributed by atoms with Crippen molar-refractivity contribution in [3.63, 3.8) is 0 Å². The average Bonchev–Trinajstić information content (AvgIpc) is 3.38. The Morgan fingerprint density at radius 1 is 0.613 bits per heavy atom. The van der Waals surface area contributed by atoms with E-state index in [4.69, 9.17) is 37.9 Å². The highest BCUT2D eigenvalue weighted by Crippen LogP contribution is 2.24. The van der Waals surface area contributed by atoms with Gasteiger partial charge in [0.05, 0.1) is 50.8 Å². The largest absolute Gasteiger partial charge is 0.462 e. The summed E-state index contributed by atoms with van der Waals surface area (Å²) in [5.74, 6) is -1.38. The molecule has 1 saturated heterocycles. The maximum absolute atomic E-state index is 13.1. The minimum atomic E-state index is -1.45. The van der Waals surface area contributed by atoms with Crippen LogP contribution in [-0.4, -0.2) is 159 Å². The molecular formula is C56H105N3O16. The van der Waals surface area contributed by atoms with Gasteiger partial charge in [0, 0.05) is 39.3 Å². The summed E-state index contributed by atoms with van der Waals surface area (Å²) in [6.45, 7) is 13.0. The molecule has 6 N–H and O–H groups in total. The van der Waals surface area contributed by atoms with Gasteiger partial charge in [0.2, 0.25) is 11.8 Å². The molecule has 0 saturated carbocycles. The van der Waals surface area contributed by atoms with Crippen LogP contribution in [0.25, 0.3) is 0 Å². The van der Waals surface area contributed by atoms with Gasteiger partial charge in [-0.25, -0.2) is 4.79 Å². The van der Waals surface area contributed by atoms with E-state index in [-0.39, 0.29) is 83.6 Å². The van der Waals surface area contributed by atoms with Crippen molar-refractivity contribution >= 4 is 29.8 Å². The van der Waals surface area contributed by atoms with Gasteiger partial charge in [0.25, 0.3) is 0 Å². The lowest BCUT2D eigenvalue weighted by atomic mass is 9.97. The van der Waals surface area contributed by atoms with Gasteiger partial charge in [-0.3, -0.25) is 19.2 Å². The molecule has 0 bridgehead atoms. The van der Waals surface area contributed by atoms with Crippen molar-refractivity contribution in [1.82, 2.24) is 16.0 Å². The van der Waals surface area contributed by atoms with E-state index < -0.39 is 66.6 Å². The number of ether oxygens (including phenoxy) is 8. The zero-order chi connectivity index (χ0) is 55.6. The Labute approximate surface area is 451 Å². The predicted octanol–water partition coefficient (Wildman–Crippen LogP) is 8.03. The Kier molecular flexibility index (Phi) is 40.8. The van der Waals surface area contributed by atoms with Crippen molar-refractivity contribution in [3.8, 4) is 0 Å². The molecule has 0 aromatic heterocycles. The van der Waals surface area contributed by atoms with Crippen LogP contribution in [0.2, 0.25) is 0 Å². The molecule has 1 aliphatic rings. The number of unbranched alkanes of at least 4 members (excludes halogenated alkanes) is 20. The molecule has 0 aliphatic carbocycles. The van der Waals surface area contributed by atoms with E-state index in [0.29, 0.717) is 19.3 Å². The van der Waals surface area contributed by atoms with Gasteiger partial charge in [0.15, 0.2) is 12.4 Å². The number of aliphatic hydroxyl groups excluding tert-OH is 3. The third-order valence-electron chi connectivity index (χ3n) is 13.4. The third-order valence-corrected chi connectivity index (χ3v) is 13.4. The van der Waals surface area contributed by atoms with Crippen LogP contribution >= 0.6 is 0 Å². The fourth-order valence-electron chi connectivity index (χ4n) is 8.28. The number of hydrogen-bond donors (Lipinski definition) is 6. The Bertz CT molecular complexity index is 1490. The second-order valence-electron chi connectivity index (χ2n) is 21.0. The first-order chi connectivity index (χ1) is 36.0. The predicted molar refractivity (Wildman–Crippen MR) is 287 cm³/mol. The average molecular weight is 1080 g/mol. The van der Waals surface area contributed by atoms with E-state index in [1.54, 1.807) is 0 Å². The van der Waals surface area contributed by atoms with Gasteiger partial charge >= 0.3 is 18.0 Å². The van der Waals surface area contributed by atoms with E-state index in [9.17, 15) is 39.3 Å². The molecule has 1 fully saturated rings. The second kappa shape index (κ2) is 43.8. The van der Waals surface area contributed by atoms with Crippen molar-refractivity contribution in [3.05, 3.63) is 0 Å². The minimum Gasteiger partial charge on any atom is -0.462 e. The zero-order valence-electron chi connectivity index (χ0n) is 47.6. The molecule has 3 amide bonds. The zero-order valence-corrected chi connectivity index (χ0v) is 47.6. The summed E-state index contributed by atoms with van der Waals surface area (Å²) in [4.78, 5) is 62.2. The van der Waals surface area contributed by atoms with Crippen LogP contribution in [0.5, 0.6) is 0 Å². The standard InChI is InChI=1S/C56H105N3O16/c1-8-11-13-15-17-19-21-23-25-27-29-31-48(63)71-40-45(74-49(64)32-30-28-26-24-22-20-18-16-14-12-9-2)41-72-56(7,10-3)43-73-55(5,6)42-58-47(62)33-35-68-37-38-70-54(67)57-34-36-69-53-50(59-44(4)61)52(66)51(65)46(39-60)75-53/h45-46,50-53,60,65-66H,8-43H2,1-7H3,(H,57,67)(H,58,62)(H,59,61). The SMILES string of the molecule is CCCCCCCCCCCCCC(=O)OCC(COC(C)(CC)COC(C)(C)CNC(=O)CCOCCOC(=O)NCCOC1OC(CO)C(O)C(O)C1NC(C)=O)OC(=O)CCCCCCCCCCCCC. The quantitative estimate of drug-likeness (QED) is 0.0191. The maximum Gasteiger partial charge on any atom is 0.407 e. The molecular weight excluding hydrogens is 971 g/mol. The molecule has 19 nitrogen and oxygen atoms in total. The molecule has 19 heteroatoms. The highest BCUT2D eigenvalue weighted by molar-refractivity contribution is 5.76. The van der Waals surface area contributed by atoms with Gasteiger partial charge in [0.1, 0.15) is 37.6 Å². The normalized spacial score (nSPS) is 18.9. The number of esters is 2. The summed E-state index contributed by atoms with van der Waals surface area (Å²) in [7, 11) is 0. The Morgan fingerprint density at radius 2 is 1.16 bits per heavy atom. The van der Waals surface area contributed by atoms with Crippen molar-refractivity contribution in [1.29, 1.82) is 0 Å². The lowest BCUT2D eigenvalue weighted by Gasteiger charge is -2.42. The monoisotopic (exact) mass is 1080 g/mol. The van der Waals surface area contributed by atoms with Gasteiger partial charge in [-0.05, 0) is 40.0 Å². The lowest BCUT2D eigenvalue weighted by molar-refractivity contribution is -0.269. The number of amides is 3. The van der Waals surface area contributed by atoms with Gasteiger partial charge in [-0.15, -0.1) is 0 Å². The number of carbonyl (C=O) groups is 5. The first kappa shape index (κ1) is 69.8. The fourth-order valence-corrected chi connectivity index (χ4v) is 8.28. The minimum absolute atomic E-state index is 0.0188. The number of hydrogen-bond acceptors (Lipinski definition) is 16. The number of rotatable bonds is 48. The van der Waals surface area contributed by atoms with E-state index >= 15 is 0 Å². The number of carbonyl (C=O) groups excluding carboxylic acids is 5. The molecule has 7 atom stereocenters. The third kappa shape index (κ3) is 36.5. The summed E-state index contributed by atoms with van der Waals surface area (Å²) in [5.41, 5.74) is -1.54. The molecule has 75 heavy (non-hydrogen) atoms. The molecule has 1 heterocycles. The Morgan fingerprint density at radius 3 is 1.69 bits per heavy atom. The molecule has 0 radical (unpaired) electrons. The van der Waals surface area contributed by atoms with Crippen LogP contribution in [0.1, 0.15) is 215 Å². The number of aliphatic hydroxyl groups is 3. The smallest absolute Gasteiger partial charge is 0.407 e. The fraction of sp³-hybridized carbons (Fsp3) is 0.911. The summed E-state index contributed by atoms with van der Waals surface area (Å²) in [6.07, 6.45) is 20.6. The van der Waals surface area contributed by atoms with Crippen LogP contribution in [0.15, 0.2) is 0 Å². The number of alkyl carbamates (subject to hydrolysis) is 1. The van der Waals surface area contributed by atoms with Crippen LogP contribution in [0.3, 0.4) is 0 Å². The van der Waals surface area contributed by atoms with Crippen molar-refractivity contribution in [2.24, 2.45) is 0 Å². The summed E-state index contributed by atoms with van der Waals surface area (Å²) in [5, 5.41) is 37.8. The topological polar surface area (TPSA) is 256 Å². The van der Waals surface area contributed by atoms with Gasteiger partial charge < -0.3 is 69.2 Å². The highest BCUT2D eigenvalue weighted by Gasteiger charge is 2.45. The summed E-state index contributed by atoms with van der Waals surface area (Å²) >= 11 is 0. The molecule has 1 rings (SSSR count). The van der Waals surface area contributed by atoms with Gasteiger partial charge in [-0.1, -0.05) is 149 Å². The van der Waals surface area contributed by atoms with Crippen LogP contribution in [-0.2, 0) is 57.1 Å².